The van der Waals surface area contributed by atoms with Gasteiger partial charge >= 0.3 is 0 Å². The first kappa shape index (κ1) is 24.2. The van der Waals surface area contributed by atoms with Crippen LogP contribution in [-0.2, 0) is 0 Å². The summed E-state index contributed by atoms with van der Waals surface area (Å²) in [6.45, 7) is 8.15. The molecule has 1 saturated heterocycles. The number of aromatic nitrogens is 4. The molecule has 0 bridgehead atoms. The molecule has 1 fully saturated rings. The number of aryl methyl sites for hydroxylation is 1. The number of methoxy groups -OCH3 is 1. The van der Waals surface area contributed by atoms with Crippen LogP contribution in [0.15, 0.2) is 72.8 Å². The van der Waals surface area contributed by atoms with E-state index in [9.17, 15) is 0 Å². The molecule has 0 saturated carbocycles. The number of nitrogens with one attached hydrogen (secondary N) is 1. The number of anilines is 2. The first-order valence-corrected chi connectivity index (χ1v) is 13.3. The molecule has 0 atom stereocenters. The molecule has 3 aromatic carbocycles. The first-order valence-electron chi connectivity index (χ1n) is 13.3. The molecule has 194 valence electrons. The van der Waals surface area contributed by atoms with Crippen molar-refractivity contribution in [1.82, 2.24) is 24.5 Å². The smallest absolute Gasteiger partial charge is 0.226 e. The van der Waals surface area contributed by atoms with Gasteiger partial charge in [-0.2, -0.15) is 4.52 Å². The normalized spacial score (nSPS) is 14.3. The van der Waals surface area contributed by atoms with Crippen molar-refractivity contribution >= 4 is 28.2 Å². The molecule has 0 spiro atoms. The topological polar surface area (TPSA) is 70.8 Å². The number of nitrogens with zero attached hydrogens (tertiary/aromatic N) is 6. The van der Waals surface area contributed by atoms with Gasteiger partial charge in [-0.1, -0.05) is 35.9 Å². The number of benzene rings is 3. The van der Waals surface area contributed by atoms with Crippen LogP contribution < -0.4 is 15.0 Å². The molecule has 8 nitrogen and oxygen atoms in total. The number of hydrogen-bond acceptors (Lipinski definition) is 7. The molecule has 0 amide bonds. The Morgan fingerprint density at radius 2 is 1.71 bits per heavy atom. The number of para-hydroxylation sites is 1. The van der Waals surface area contributed by atoms with E-state index in [0.29, 0.717) is 5.82 Å². The third kappa shape index (κ3) is 4.99. The van der Waals surface area contributed by atoms with Crippen LogP contribution >= 0.6 is 0 Å². The van der Waals surface area contributed by atoms with Crippen molar-refractivity contribution in [3.63, 3.8) is 0 Å². The zero-order valence-corrected chi connectivity index (χ0v) is 22.0. The van der Waals surface area contributed by atoms with Crippen LogP contribution in [0.2, 0.25) is 0 Å². The molecule has 6 rings (SSSR count). The van der Waals surface area contributed by atoms with E-state index < -0.39 is 0 Å². The van der Waals surface area contributed by atoms with E-state index >= 15 is 0 Å². The van der Waals surface area contributed by atoms with Crippen LogP contribution in [0.1, 0.15) is 12.0 Å². The van der Waals surface area contributed by atoms with Gasteiger partial charge in [-0.05, 0) is 62.4 Å². The third-order valence-corrected chi connectivity index (χ3v) is 7.20. The van der Waals surface area contributed by atoms with Gasteiger partial charge in [-0.25, -0.2) is 9.97 Å². The van der Waals surface area contributed by atoms with Crippen LogP contribution in [-0.4, -0.2) is 70.9 Å². The number of hydrogen-bond donors (Lipinski definition) is 1. The van der Waals surface area contributed by atoms with Gasteiger partial charge in [0.2, 0.25) is 5.95 Å². The fraction of sp³-hybridized carbons (Fsp3) is 0.300. The van der Waals surface area contributed by atoms with E-state index in [-0.39, 0.29) is 0 Å². The predicted octanol–water partition coefficient (Wildman–Crippen LogP) is 4.89. The highest BCUT2D eigenvalue weighted by Crippen LogP contribution is 2.25. The van der Waals surface area contributed by atoms with Crippen molar-refractivity contribution in [1.29, 1.82) is 0 Å². The molecule has 8 heteroatoms. The van der Waals surface area contributed by atoms with E-state index in [1.807, 2.05) is 40.9 Å². The van der Waals surface area contributed by atoms with Gasteiger partial charge in [0.1, 0.15) is 5.75 Å². The molecule has 0 aliphatic carbocycles. The van der Waals surface area contributed by atoms with Crippen LogP contribution in [0.3, 0.4) is 0 Å². The lowest BCUT2D eigenvalue weighted by Crippen LogP contribution is -2.46. The monoisotopic (exact) mass is 507 g/mol. The van der Waals surface area contributed by atoms with Crippen molar-refractivity contribution < 1.29 is 4.74 Å². The fourth-order valence-electron chi connectivity index (χ4n) is 5.10. The highest BCUT2D eigenvalue weighted by molar-refractivity contribution is 5.92. The summed E-state index contributed by atoms with van der Waals surface area (Å²) in [5.74, 6) is 2.34. The molecular weight excluding hydrogens is 474 g/mol. The van der Waals surface area contributed by atoms with Gasteiger partial charge in [0.25, 0.3) is 0 Å². The maximum atomic E-state index is 5.28. The van der Waals surface area contributed by atoms with Crippen molar-refractivity contribution in [3.05, 3.63) is 78.4 Å². The summed E-state index contributed by atoms with van der Waals surface area (Å²) < 4.78 is 7.14. The Balaban J connectivity index is 1.10. The molecule has 38 heavy (non-hydrogen) atoms. The molecule has 0 radical (unpaired) electrons. The number of rotatable bonds is 8. The van der Waals surface area contributed by atoms with Crippen molar-refractivity contribution in [3.8, 4) is 17.1 Å². The zero-order chi connectivity index (χ0) is 25.9. The van der Waals surface area contributed by atoms with E-state index in [0.717, 1.165) is 79.5 Å². The van der Waals surface area contributed by atoms with Crippen LogP contribution in [0, 0.1) is 6.92 Å². The standard InChI is InChI=1S/C30H33N7O/c1-22-7-5-8-23(21-22)28-33-29-26-9-3-4-10-27(26)32-30(37(29)34-28)31-15-6-16-35-17-19-36(20-18-35)24-11-13-25(38-2)14-12-24/h3-5,7-14,21H,6,15-20H2,1-2H3,(H,31,32). The summed E-state index contributed by atoms with van der Waals surface area (Å²) in [5, 5.41) is 9.39. The molecule has 1 aliphatic rings. The van der Waals surface area contributed by atoms with Crippen molar-refractivity contribution in [2.45, 2.75) is 13.3 Å². The van der Waals surface area contributed by atoms with Gasteiger partial charge in [0, 0.05) is 49.4 Å². The Morgan fingerprint density at radius 1 is 0.895 bits per heavy atom. The second kappa shape index (κ2) is 10.7. The van der Waals surface area contributed by atoms with Crippen LogP contribution in [0.5, 0.6) is 5.75 Å². The zero-order valence-electron chi connectivity index (χ0n) is 22.0. The fourth-order valence-corrected chi connectivity index (χ4v) is 5.10. The molecule has 0 unspecified atom stereocenters. The summed E-state index contributed by atoms with van der Waals surface area (Å²) >= 11 is 0. The first-order chi connectivity index (χ1) is 18.7. The van der Waals surface area contributed by atoms with Gasteiger partial charge in [0.15, 0.2) is 11.5 Å². The second-order valence-corrected chi connectivity index (χ2v) is 9.80. The minimum atomic E-state index is 0.713. The minimum Gasteiger partial charge on any atom is -0.497 e. The average molecular weight is 508 g/mol. The highest BCUT2D eigenvalue weighted by Gasteiger charge is 2.18. The number of fused-ring (bicyclic) bond motifs is 3. The minimum absolute atomic E-state index is 0.713. The van der Waals surface area contributed by atoms with E-state index in [1.165, 1.54) is 11.3 Å². The lowest BCUT2D eigenvalue weighted by molar-refractivity contribution is 0.257. The molecule has 5 aromatic rings. The van der Waals surface area contributed by atoms with Gasteiger partial charge in [-0.15, -0.1) is 5.10 Å². The summed E-state index contributed by atoms with van der Waals surface area (Å²) in [4.78, 5) is 14.8. The Kier molecular flexibility index (Phi) is 6.79. The number of piperazine rings is 1. The largest absolute Gasteiger partial charge is 0.497 e. The van der Waals surface area contributed by atoms with Gasteiger partial charge < -0.3 is 15.0 Å². The van der Waals surface area contributed by atoms with Crippen molar-refractivity contribution in [2.24, 2.45) is 0 Å². The summed E-state index contributed by atoms with van der Waals surface area (Å²) in [6, 6.07) is 24.8. The van der Waals surface area contributed by atoms with E-state index in [4.69, 9.17) is 19.8 Å². The lowest BCUT2D eigenvalue weighted by Gasteiger charge is -2.36. The Morgan fingerprint density at radius 3 is 2.50 bits per heavy atom. The average Bonchev–Trinajstić information content (AvgIpc) is 3.42. The molecule has 3 heterocycles. The summed E-state index contributed by atoms with van der Waals surface area (Å²) in [7, 11) is 1.70. The Hall–Kier alpha value is -4.17. The maximum Gasteiger partial charge on any atom is 0.226 e. The quantitative estimate of drug-likeness (QED) is 0.300. The van der Waals surface area contributed by atoms with Crippen molar-refractivity contribution in [2.75, 3.05) is 56.6 Å². The van der Waals surface area contributed by atoms with Gasteiger partial charge in [-0.3, -0.25) is 4.90 Å². The molecule has 2 aromatic heterocycles. The molecular formula is C30H33N7O. The Bertz CT molecular complexity index is 1540. The summed E-state index contributed by atoms with van der Waals surface area (Å²) in [5.41, 5.74) is 5.20. The van der Waals surface area contributed by atoms with E-state index in [1.54, 1.807) is 7.11 Å². The Labute approximate surface area is 222 Å². The third-order valence-electron chi connectivity index (χ3n) is 7.20. The SMILES string of the molecule is COc1ccc(N2CCN(CCCNc3nc4ccccc4c4nc(-c5cccc(C)c5)nn34)CC2)cc1. The molecule has 1 N–H and O–H groups in total. The second-order valence-electron chi connectivity index (χ2n) is 9.80. The highest BCUT2D eigenvalue weighted by atomic mass is 16.5. The van der Waals surface area contributed by atoms with E-state index in [2.05, 4.69) is 58.4 Å². The predicted molar refractivity (Wildman–Crippen MR) is 153 cm³/mol. The summed E-state index contributed by atoms with van der Waals surface area (Å²) in [6.07, 6.45) is 1.03. The lowest BCUT2D eigenvalue weighted by atomic mass is 10.1. The van der Waals surface area contributed by atoms with Crippen LogP contribution in [0.4, 0.5) is 11.6 Å². The maximum absolute atomic E-state index is 5.28. The molecule has 1 aliphatic heterocycles. The number of ether oxygens (including phenoxy) is 1. The van der Waals surface area contributed by atoms with Crippen LogP contribution in [0.25, 0.3) is 27.9 Å². The van der Waals surface area contributed by atoms with Gasteiger partial charge in [0.05, 0.1) is 12.6 Å².